The number of halogens is 3. The highest BCUT2D eigenvalue weighted by atomic mass is 19.4. The Bertz CT molecular complexity index is 510. The molecular weight excluding hydrogens is 261 g/mol. The summed E-state index contributed by atoms with van der Waals surface area (Å²) in [6.45, 7) is 0.795. The Balaban J connectivity index is 2.11. The summed E-state index contributed by atoms with van der Waals surface area (Å²) in [5, 5.41) is 0. The second-order valence-electron chi connectivity index (χ2n) is 4.06. The first-order valence-corrected chi connectivity index (χ1v) is 5.51. The smallest absolute Gasteiger partial charge is 0.366 e. The molecule has 2 rings (SSSR count). The summed E-state index contributed by atoms with van der Waals surface area (Å²) in [7, 11) is 0. The SMILES string of the molecule is NC(=O)C1=CCN(c2ncc(C(F)(F)F)cn2)CC1. The van der Waals surface area contributed by atoms with E-state index in [4.69, 9.17) is 5.73 Å². The quantitative estimate of drug-likeness (QED) is 0.875. The van der Waals surface area contributed by atoms with Gasteiger partial charge in [-0.25, -0.2) is 9.97 Å². The van der Waals surface area contributed by atoms with E-state index in [1.165, 1.54) is 0 Å². The number of amides is 1. The van der Waals surface area contributed by atoms with Gasteiger partial charge in [-0.1, -0.05) is 6.08 Å². The Morgan fingerprint density at radius 1 is 1.32 bits per heavy atom. The standard InChI is InChI=1S/C11H11F3N4O/c12-11(13,14)8-5-16-10(17-6-8)18-3-1-7(2-4-18)9(15)19/h1,5-6H,2-4H2,(H2,15,19). The second-order valence-corrected chi connectivity index (χ2v) is 4.06. The molecule has 0 radical (unpaired) electrons. The Morgan fingerprint density at radius 3 is 2.37 bits per heavy atom. The molecule has 0 aliphatic carbocycles. The fourth-order valence-electron chi connectivity index (χ4n) is 1.71. The van der Waals surface area contributed by atoms with Crippen LogP contribution in [-0.2, 0) is 11.0 Å². The van der Waals surface area contributed by atoms with E-state index >= 15 is 0 Å². The molecule has 0 aromatic carbocycles. The van der Waals surface area contributed by atoms with Crippen molar-refractivity contribution in [1.29, 1.82) is 0 Å². The Hall–Kier alpha value is -2.12. The lowest BCUT2D eigenvalue weighted by atomic mass is 10.1. The van der Waals surface area contributed by atoms with Gasteiger partial charge >= 0.3 is 6.18 Å². The van der Waals surface area contributed by atoms with Crippen molar-refractivity contribution in [3.63, 3.8) is 0 Å². The molecule has 0 saturated heterocycles. The molecule has 1 amide bonds. The zero-order valence-electron chi connectivity index (χ0n) is 9.81. The monoisotopic (exact) mass is 272 g/mol. The number of carbonyl (C=O) groups excluding carboxylic acids is 1. The lowest BCUT2D eigenvalue weighted by molar-refractivity contribution is -0.138. The van der Waals surface area contributed by atoms with Gasteiger partial charge in [0, 0.05) is 31.1 Å². The highest BCUT2D eigenvalue weighted by Crippen LogP contribution is 2.28. The molecule has 0 bridgehead atoms. The Kier molecular flexibility index (Phi) is 3.41. The van der Waals surface area contributed by atoms with Gasteiger partial charge in [0.05, 0.1) is 5.56 Å². The van der Waals surface area contributed by atoms with E-state index < -0.39 is 17.6 Å². The minimum Gasteiger partial charge on any atom is -0.366 e. The van der Waals surface area contributed by atoms with Crippen molar-refractivity contribution < 1.29 is 18.0 Å². The van der Waals surface area contributed by atoms with Gasteiger partial charge in [0.2, 0.25) is 11.9 Å². The highest BCUT2D eigenvalue weighted by Gasteiger charge is 2.31. The minimum atomic E-state index is -4.44. The molecule has 0 atom stereocenters. The van der Waals surface area contributed by atoms with Crippen molar-refractivity contribution in [3.8, 4) is 0 Å². The maximum atomic E-state index is 12.3. The van der Waals surface area contributed by atoms with Crippen LogP contribution in [0.15, 0.2) is 24.0 Å². The first-order valence-electron chi connectivity index (χ1n) is 5.51. The van der Waals surface area contributed by atoms with Crippen molar-refractivity contribution in [2.24, 2.45) is 5.73 Å². The Labute approximate surface area is 106 Å². The lowest BCUT2D eigenvalue weighted by Gasteiger charge is -2.25. The van der Waals surface area contributed by atoms with Crippen molar-refractivity contribution in [2.45, 2.75) is 12.6 Å². The van der Waals surface area contributed by atoms with Crippen LogP contribution in [0.4, 0.5) is 19.1 Å². The third-order valence-corrected chi connectivity index (χ3v) is 2.77. The van der Waals surface area contributed by atoms with E-state index in [0.29, 0.717) is 25.1 Å². The van der Waals surface area contributed by atoms with Gasteiger partial charge in [-0.15, -0.1) is 0 Å². The summed E-state index contributed by atoms with van der Waals surface area (Å²) >= 11 is 0. The van der Waals surface area contributed by atoms with E-state index in [9.17, 15) is 18.0 Å². The molecular formula is C11H11F3N4O. The van der Waals surface area contributed by atoms with Crippen LogP contribution >= 0.6 is 0 Å². The van der Waals surface area contributed by atoms with Crippen molar-refractivity contribution in [2.75, 3.05) is 18.0 Å². The molecule has 1 aromatic heterocycles. The van der Waals surface area contributed by atoms with Gasteiger partial charge in [-0.2, -0.15) is 13.2 Å². The summed E-state index contributed by atoms with van der Waals surface area (Å²) in [5.41, 5.74) is 4.77. The number of nitrogens with two attached hydrogens (primary N) is 1. The average Bonchev–Trinajstić information content (AvgIpc) is 2.38. The zero-order valence-corrected chi connectivity index (χ0v) is 9.81. The van der Waals surface area contributed by atoms with Crippen LogP contribution in [0.5, 0.6) is 0 Å². The number of hydrogen-bond acceptors (Lipinski definition) is 4. The molecule has 2 N–H and O–H groups in total. The van der Waals surface area contributed by atoms with Gasteiger partial charge in [-0.05, 0) is 6.42 Å². The van der Waals surface area contributed by atoms with E-state index in [-0.39, 0.29) is 5.95 Å². The first-order chi connectivity index (χ1) is 8.88. The lowest BCUT2D eigenvalue weighted by Crippen LogP contribution is -2.33. The molecule has 1 aromatic rings. The number of carbonyl (C=O) groups is 1. The zero-order chi connectivity index (χ0) is 14.0. The summed E-state index contributed by atoms with van der Waals surface area (Å²) in [6, 6.07) is 0. The molecule has 0 fully saturated rings. The normalized spacial score (nSPS) is 16.2. The Morgan fingerprint density at radius 2 is 1.95 bits per heavy atom. The topological polar surface area (TPSA) is 72.1 Å². The number of rotatable bonds is 2. The number of nitrogens with zero attached hydrogens (tertiary/aromatic N) is 3. The van der Waals surface area contributed by atoms with Crippen LogP contribution in [-0.4, -0.2) is 29.0 Å². The predicted molar refractivity (Wildman–Crippen MR) is 61.1 cm³/mol. The van der Waals surface area contributed by atoms with E-state index in [0.717, 1.165) is 12.4 Å². The van der Waals surface area contributed by atoms with Crippen LogP contribution in [0.25, 0.3) is 0 Å². The van der Waals surface area contributed by atoms with Crippen molar-refractivity contribution in [1.82, 2.24) is 9.97 Å². The van der Waals surface area contributed by atoms with Gasteiger partial charge in [0.25, 0.3) is 0 Å². The third-order valence-electron chi connectivity index (χ3n) is 2.77. The summed E-state index contributed by atoms with van der Waals surface area (Å²) < 4.78 is 37.0. The van der Waals surface area contributed by atoms with Crippen LogP contribution in [0.2, 0.25) is 0 Å². The number of hydrogen-bond donors (Lipinski definition) is 1. The summed E-state index contributed by atoms with van der Waals surface area (Å²) in [5.74, 6) is -0.277. The number of anilines is 1. The van der Waals surface area contributed by atoms with Crippen LogP contribution in [0, 0.1) is 0 Å². The first kappa shape index (κ1) is 13.3. The molecule has 102 valence electrons. The molecule has 19 heavy (non-hydrogen) atoms. The fraction of sp³-hybridized carbons (Fsp3) is 0.364. The number of alkyl halides is 3. The summed E-state index contributed by atoms with van der Waals surface area (Å²) in [4.78, 5) is 20.0. The summed E-state index contributed by atoms with van der Waals surface area (Å²) in [6.07, 6.45) is -0.892. The molecule has 5 nitrogen and oxygen atoms in total. The molecule has 1 aliphatic heterocycles. The number of aromatic nitrogens is 2. The third kappa shape index (κ3) is 3.01. The highest BCUT2D eigenvalue weighted by molar-refractivity contribution is 5.92. The predicted octanol–water partition coefficient (Wildman–Crippen LogP) is 1.12. The minimum absolute atomic E-state index is 0.202. The molecule has 2 heterocycles. The maximum absolute atomic E-state index is 12.3. The van der Waals surface area contributed by atoms with Crippen LogP contribution < -0.4 is 10.6 Å². The van der Waals surface area contributed by atoms with Gasteiger partial charge in [0.1, 0.15) is 0 Å². The average molecular weight is 272 g/mol. The molecule has 8 heteroatoms. The largest absolute Gasteiger partial charge is 0.419 e. The fourth-order valence-corrected chi connectivity index (χ4v) is 1.71. The van der Waals surface area contributed by atoms with Crippen molar-refractivity contribution >= 4 is 11.9 Å². The van der Waals surface area contributed by atoms with Gasteiger partial charge < -0.3 is 10.6 Å². The molecule has 1 aliphatic rings. The van der Waals surface area contributed by atoms with Gasteiger partial charge in [-0.3, -0.25) is 4.79 Å². The molecule has 0 unspecified atom stereocenters. The van der Waals surface area contributed by atoms with Crippen molar-refractivity contribution in [3.05, 3.63) is 29.6 Å². The maximum Gasteiger partial charge on any atom is 0.419 e. The molecule has 0 saturated carbocycles. The van der Waals surface area contributed by atoms with Crippen LogP contribution in [0.3, 0.4) is 0 Å². The second kappa shape index (κ2) is 4.87. The van der Waals surface area contributed by atoms with Gasteiger partial charge in [0.15, 0.2) is 0 Å². The van der Waals surface area contributed by atoms with E-state index in [1.54, 1.807) is 11.0 Å². The van der Waals surface area contributed by atoms with E-state index in [2.05, 4.69) is 9.97 Å². The van der Waals surface area contributed by atoms with Crippen LogP contribution in [0.1, 0.15) is 12.0 Å². The van der Waals surface area contributed by atoms with E-state index in [1.807, 2.05) is 0 Å². The number of primary amides is 1. The molecule has 0 spiro atoms.